The van der Waals surface area contributed by atoms with E-state index in [2.05, 4.69) is 10.2 Å². The molecule has 0 fully saturated rings. The van der Waals surface area contributed by atoms with Gasteiger partial charge in [-0.1, -0.05) is 18.2 Å². The van der Waals surface area contributed by atoms with Crippen LogP contribution in [0.25, 0.3) is 11.8 Å². The third kappa shape index (κ3) is 8.51. The number of amides is 1. The van der Waals surface area contributed by atoms with Gasteiger partial charge in [-0.3, -0.25) is 13.9 Å². The number of hydrazone groups is 1. The van der Waals surface area contributed by atoms with Crippen LogP contribution in [0.4, 0.5) is 5.69 Å². The van der Waals surface area contributed by atoms with Gasteiger partial charge in [0.15, 0.2) is 0 Å². The molecular weight excluding hydrogens is 627 g/mol. The molecule has 1 aliphatic rings. The predicted molar refractivity (Wildman–Crippen MR) is 157 cm³/mol. The molecule has 0 unspecified atom stereocenters. The van der Waals surface area contributed by atoms with Gasteiger partial charge in [0.25, 0.3) is 26.1 Å². The van der Waals surface area contributed by atoms with Crippen molar-refractivity contribution in [3.63, 3.8) is 0 Å². The fourth-order valence-corrected chi connectivity index (χ4v) is 4.63. The topological polar surface area (TPSA) is 179 Å². The second-order valence-electron chi connectivity index (χ2n) is 8.30. The summed E-state index contributed by atoms with van der Waals surface area (Å²) in [5.41, 5.74) is 2.39. The molecule has 4 rings (SSSR count). The molecule has 0 aliphatic carbocycles. The van der Waals surface area contributed by atoms with Crippen LogP contribution in [0.3, 0.4) is 0 Å². The van der Waals surface area contributed by atoms with Gasteiger partial charge in [-0.25, -0.2) is 4.68 Å². The van der Waals surface area contributed by atoms with Gasteiger partial charge in [0.1, 0.15) is 0 Å². The normalized spacial score (nSPS) is 14.9. The Bertz CT molecular complexity index is 1790. The molecule has 1 aliphatic heterocycles. The van der Waals surface area contributed by atoms with Gasteiger partial charge in [0.2, 0.25) is 5.88 Å². The van der Waals surface area contributed by atoms with Crippen molar-refractivity contribution in [3.05, 3.63) is 89.7 Å². The maximum atomic E-state index is 12.8. The Kier molecular flexibility index (Phi) is 12.8. The molecule has 3 N–H and O–H groups in total. The summed E-state index contributed by atoms with van der Waals surface area (Å²) in [6.07, 6.45) is 8.04. The molecule has 1 amide bonds. The van der Waals surface area contributed by atoms with Crippen molar-refractivity contribution in [1.82, 2.24) is 9.78 Å². The van der Waals surface area contributed by atoms with Crippen molar-refractivity contribution in [2.24, 2.45) is 5.10 Å². The van der Waals surface area contributed by atoms with E-state index in [-0.39, 0.29) is 118 Å². The van der Waals surface area contributed by atoms with Crippen molar-refractivity contribution in [1.29, 1.82) is 0 Å². The predicted octanol–water partition coefficient (Wildman–Crippen LogP) is 2.00. The minimum absolute atomic E-state index is 0. The summed E-state index contributed by atoms with van der Waals surface area (Å²) in [6.45, 7) is 3.33. The zero-order valence-corrected chi connectivity index (χ0v) is 22.1. The second-order valence-corrected chi connectivity index (χ2v) is 11.1. The summed E-state index contributed by atoms with van der Waals surface area (Å²) in [5, 5.41) is 20.2. The first-order chi connectivity index (χ1) is 18.3. The molecule has 2 heterocycles. The Balaban J connectivity index is 0.00000294. The number of aromatic hydroxyl groups is 1. The first-order valence-corrected chi connectivity index (χ1v) is 14.0. The van der Waals surface area contributed by atoms with E-state index in [9.17, 15) is 26.7 Å². The molecule has 0 saturated heterocycles. The molecule has 2 aromatic carbocycles. The number of nitrogens with zero attached hydrogens (tertiary/aromatic N) is 4. The second kappa shape index (κ2) is 14.6. The van der Waals surface area contributed by atoms with E-state index in [1.165, 1.54) is 53.2 Å². The Morgan fingerprint density at radius 2 is 1.29 bits per heavy atom. The summed E-state index contributed by atoms with van der Waals surface area (Å²) in [4.78, 5) is 12.2. The van der Waals surface area contributed by atoms with Crippen LogP contribution in [-0.2, 0) is 25.0 Å². The quantitative estimate of drug-likeness (QED) is 0.149. The van der Waals surface area contributed by atoms with Crippen LogP contribution in [0.1, 0.15) is 18.2 Å². The van der Waals surface area contributed by atoms with Crippen LogP contribution in [0.15, 0.2) is 93.3 Å². The third-order valence-electron chi connectivity index (χ3n) is 5.65. The number of carbonyl (C=O) groups is 1. The molecule has 16 heteroatoms. The molecule has 12 nitrogen and oxygen atoms in total. The number of aryl methyl sites for hydroxylation is 1. The van der Waals surface area contributed by atoms with E-state index in [1.807, 2.05) is 0 Å². The van der Waals surface area contributed by atoms with Gasteiger partial charge in [-0.2, -0.15) is 32.0 Å². The van der Waals surface area contributed by atoms with Gasteiger partial charge in [0.05, 0.1) is 43.7 Å². The molecule has 0 radical (unpaired) electrons. The van der Waals surface area contributed by atoms with E-state index in [0.29, 0.717) is 33.9 Å². The van der Waals surface area contributed by atoms with Crippen molar-refractivity contribution < 1.29 is 35.8 Å². The van der Waals surface area contributed by atoms with Crippen LogP contribution in [0.5, 0.6) is 5.88 Å². The zero-order chi connectivity index (χ0) is 28.5. The molecule has 1 aromatic heterocycles. The molecule has 206 valence electrons. The van der Waals surface area contributed by atoms with Crippen molar-refractivity contribution in [3.8, 4) is 11.6 Å². The number of aromatic nitrogens is 2. The standard InChI is InChI=1S/C25H22N4O8S2.2K.2H/c1-16-22(24(30)28(26-16)18-8-12-20(13-9-18)38(32,33)34)6-4-3-5-7-23-17(2)27-29(25(23)31)19-10-14-21(15-11-19)39(35,36)37;;;;/h3-15,30H,1-2H3,(H,32,33,34)(H,35,36,37);;;;/b5-3+,6-4+,23-7-;;;;. The summed E-state index contributed by atoms with van der Waals surface area (Å²) in [5.74, 6) is -0.602. The number of anilines is 1. The molecule has 3 aromatic rings. The fraction of sp³-hybridized carbons (Fsp3) is 0.0800. The Labute approximate surface area is 321 Å². The summed E-state index contributed by atoms with van der Waals surface area (Å²) < 4.78 is 64.4. The number of allylic oxidation sites excluding steroid dienone is 4. The van der Waals surface area contributed by atoms with Crippen molar-refractivity contribution in [2.75, 3.05) is 5.01 Å². The Hall–Kier alpha value is -1.10. The summed E-state index contributed by atoms with van der Waals surface area (Å²) >= 11 is 0. The van der Waals surface area contributed by atoms with E-state index >= 15 is 0 Å². The van der Waals surface area contributed by atoms with Crippen LogP contribution in [0.2, 0.25) is 0 Å². The van der Waals surface area contributed by atoms with E-state index in [4.69, 9.17) is 9.11 Å². The molecule has 41 heavy (non-hydrogen) atoms. The molecule has 0 saturated carbocycles. The van der Waals surface area contributed by atoms with Crippen LogP contribution in [-0.4, -0.2) is 155 Å². The molecule has 0 bridgehead atoms. The average Bonchev–Trinajstić information content (AvgIpc) is 3.32. The van der Waals surface area contributed by atoms with Crippen molar-refractivity contribution >= 4 is 146 Å². The van der Waals surface area contributed by atoms with Gasteiger partial charge in [-0.15, -0.1) is 0 Å². The van der Waals surface area contributed by atoms with Crippen LogP contribution >= 0.6 is 0 Å². The minimum atomic E-state index is -4.36. The number of rotatable bonds is 7. The summed E-state index contributed by atoms with van der Waals surface area (Å²) in [7, 11) is -8.70. The Morgan fingerprint density at radius 1 is 0.780 bits per heavy atom. The SMILES string of the molecule is CC1=NN(c2ccc(S(=O)(=O)O)cc2)C(=O)\C1=C/C=C/C=C/c1c(C)nn(-c2ccc(S(=O)(=O)O)cc2)c1O.[KH].[KH]. The third-order valence-corrected chi connectivity index (χ3v) is 7.39. The summed E-state index contributed by atoms with van der Waals surface area (Å²) in [6, 6.07) is 10.2. The van der Waals surface area contributed by atoms with Crippen LogP contribution in [0, 0.1) is 6.92 Å². The van der Waals surface area contributed by atoms with E-state index in [0.717, 1.165) is 5.01 Å². The van der Waals surface area contributed by atoms with Gasteiger partial charge < -0.3 is 5.11 Å². The van der Waals surface area contributed by atoms with Crippen LogP contribution < -0.4 is 5.01 Å². The van der Waals surface area contributed by atoms with Gasteiger partial charge in [0, 0.05) is 0 Å². The van der Waals surface area contributed by atoms with E-state index in [1.54, 1.807) is 44.2 Å². The van der Waals surface area contributed by atoms with Gasteiger partial charge >= 0.3 is 103 Å². The van der Waals surface area contributed by atoms with E-state index < -0.39 is 26.1 Å². The first kappa shape index (κ1) is 36.1. The first-order valence-electron chi connectivity index (χ1n) is 11.2. The number of benzene rings is 2. The Morgan fingerprint density at radius 3 is 1.80 bits per heavy atom. The van der Waals surface area contributed by atoms with Crippen molar-refractivity contribution in [2.45, 2.75) is 23.6 Å². The molecule has 0 atom stereocenters. The number of hydrogen-bond donors (Lipinski definition) is 3. The number of hydrogen-bond acceptors (Lipinski definition) is 8. The monoisotopic (exact) mass is 650 g/mol. The van der Waals surface area contributed by atoms with Gasteiger partial charge in [-0.05, 0) is 74.5 Å². The zero-order valence-electron chi connectivity index (χ0n) is 20.5. The number of carbonyl (C=O) groups excluding carboxylic acids is 1. The fourth-order valence-electron chi connectivity index (χ4n) is 3.67. The molecule has 0 spiro atoms. The molecular formula is C25H24K2N4O8S2. The maximum absolute atomic E-state index is 12.8. The average molecular weight is 651 g/mol.